The van der Waals surface area contributed by atoms with Crippen LogP contribution in [-0.2, 0) is 24.3 Å². The van der Waals surface area contributed by atoms with Crippen LogP contribution in [0.3, 0.4) is 0 Å². The van der Waals surface area contributed by atoms with Crippen LogP contribution in [0.5, 0.6) is 0 Å². The monoisotopic (exact) mass is 356 g/mol. The minimum atomic E-state index is -3.64. The molecule has 0 aromatic heterocycles. The molecule has 1 aromatic carbocycles. The SMILES string of the molecule is CN(C)S(=O)(=O)c1cccc(C(=O)OCC(=O)N2CCOCC2)c1. The Morgan fingerprint density at radius 3 is 2.54 bits per heavy atom. The van der Waals surface area contributed by atoms with E-state index < -0.39 is 16.0 Å². The van der Waals surface area contributed by atoms with Crippen LogP contribution < -0.4 is 0 Å². The number of carbonyl (C=O) groups is 2. The van der Waals surface area contributed by atoms with Gasteiger partial charge in [0.15, 0.2) is 6.61 Å². The third-order valence-corrected chi connectivity index (χ3v) is 5.35. The van der Waals surface area contributed by atoms with E-state index in [1.165, 1.54) is 38.4 Å². The van der Waals surface area contributed by atoms with Crippen molar-refractivity contribution in [1.29, 1.82) is 0 Å². The van der Waals surface area contributed by atoms with E-state index in [0.717, 1.165) is 4.31 Å². The van der Waals surface area contributed by atoms with Gasteiger partial charge in [-0.3, -0.25) is 4.79 Å². The van der Waals surface area contributed by atoms with Gasteiger partial charge in [0.1, 0.15) is 0 Å². The molecule has 8 nitrogen and oxygen atoms in total. The zero-order chi connectivity index (χ0) is 17.7. The molecule has 0 unspecified atom stereocenters. The van der Waals surface area contributed by atoms with Crippen molar-refractivity contribution in [2.45, 2.75) is 4.90 Å². The Balaban J connectivity index is 2.01. The first kappa shape index (κ1) is 18.4. The topological polar surface area (TPSA) is 93.2 Å². The van der Waals surface area contributed by atoms with E-state index in [4.69, 9.17) is 9.47 Å². The summed E-state index contributed by atoms with van der Waals surface area (Å²) in [5.74, 6) is -1.05. The lowest BCUT2D eigenvalue weighted by Gasteiger charge is -2.26. The quantitative estimate of drug-likeness (QED) is 0.687. The highest BCUT2D eigenvalue weighted by Gasteiger charge is 2.21. The Morgan fingerprint density at radius 2 is 1.92 bits per heavy atom. The number of benzene rings is 1. The van der Waals surface area contributed by atoms with Crippen molar-refractivity contribution >= 4 is 21.9 Å². The second-order valence-corrected chi connectivity index (χ2v) is 7.54. The Kier molecular flexibility index (Phi) is 5.92. The molecule has 0 bridgehead atoms. The van der Waals surface area contributed by atoms with E-state index in [0.29, 0.717) is 26.3 Å². The first-order valence-electron chi connectivity index (χ1n) is 7.37. The number of amides is 1. The molecule has 1 saturated heterocycles. The van der Waals surface area contributed by atoms with Crippen LogP contribution in [-0.4, -0.2) is 76.5 Å². The normalized spacial score (nSPS) is 15.4. The minimum Gasteiger partial charge on any atom is -0.452 e. The third-order valence-electron chi connectivity index (χ3n) is 3.54. The highest BCUT2D eigenvalue weighted by Crippen LogP contribution is 2.15. The van der Waals surface area contributed by atoms with E-state index in [1.54, 1.807) is 4.90 Å². The van der Waals surface area contributed by atoms with Crippen molar-refractivity contribution in [2.75, 3.05) is 47.0 Å². The number of esters is 1. The maximum Gasteiger partial charge on any atom is 0.338 e. The lowest BCUT2D eigenvalue weighted by Crippen LogP contribution is -2.42. The van der Waals surface area contributed by atoms with Crippen LogP contribution in [0.2, 0.25) is 0 Å². The van der Waals surface area contributed by atoms with Gasteiger partial charge in [-0.15, -0.1) is 0 Å². The van der Waals surface area contributed by atoms with Gasteiger partial charge in [-0.1, -0.05) is 6.07 Å². The van der Waals surface area contributed by atoms with E-state index in [1.807, 2.05) is 0 Å². The van der Waals surface area contributed by atoms with Crippen molar-refractivity contribution in [3.05, 3.63) is 29.8 Å². The average molecular weight is 356 g/mol. The number of hydrogen-bond donors (Lipinski definition) is 0. The summed E-state index contributed by atoms with van der Waals surface area (Å²) in [6, 6.07) is 5.52. The summed E-state index contributed by atoms with van der Waals surface area (Å²) in [6.45, 7) is 1.47. The van der Waals surface area contributed by atoms with Gasteiger partial charge in [-0.2, -0.15) is 0 Å². The maximum atomic E-state index is 12.1. The molecule has 1 aliphatic rings. The molecular formula is C15H20N2O6S. The predicted octanol–water partition coefficient (Wildman–Crippen LogP) is -0.0475. The standard InChI is InChI=1S/C15H20N2O6S/c1-16(2)24(20,21)13-5-3-4-12(10-13)15(19)23-11-14(18)17-6-8-22-9-7-17/h3-5,10H,6-9,11H2,1-2H3. The van der Waals surface area contributed by atoms with E-state index >= 15 is 0 Å². The molecule has 1 heterocycles. The molecule has 1 fully saturated rings. The summed E-state index contributed by atoms with van der Waals surface area (Å²) >= 11 is 0. The van der Waals surface area contributed by atoms with E-state index in [2.05, 4.69) is 0 Å². The molecule has 1 aliphatic heterocycles. The molecule has 0 atom stereocenters. The Morgan fingerprint density at radius 1 is 1.25 bits per heavy atom. The third kappa shape index (κ3) is 4.31. The van der Waals surface area contributed by atoms with Gasteiger partial charge < -0.3 is 14.4 Å². The number of rotatable bonds is 5. The van der Waals surface area contributed by atoms with Gasteiger partial charge in [0.05, 0.1) is 23.7 Å². The molecule has 2 rings (SSSR count). The maximum absolute atomic E-state index is 12.1. The molecule has 1 aromatic rings. The highest BCUT2D eigenvalue weighted by atomic mass is 32.2. The fourth-order valence-electron chi connectivity index (χ4n) is 2.11. The first-order chi connectivity index (χ1) is 11.3. The van der Waals surface area contributed by atoms with Gasteiger partial charge in [0.2, 0.25) is 10.0 Å². The molecule has 132 valence electrons. The van der Waals surface area contributed by atoms with Gasteiger partial charge in [-0.25, -0.2) is 17.5 Å². The largest absolute Gasteiger partial charge is 0.452 e. The molecule has 0 spiro atoms. The summed E-state index contributed by atoms with van der Waals surface area (Å²) in [6.07, 6.45) is 0. The molecule has 0 radical (unpaired) electrons. The van der Waals surface area contributed by atoms with Gasteiger partial charge in [-0.05, 0) is 18.2 Å². The second-order valence-electron chi connectivity index (χ2n) is 5.38. The Labute approximate surface area is 141 Å². The van der Waals surface area contributed by atoms with E-state index in [9.17, 15) is 18.0 Å². The molecule has 9 heteroatoms. The summed E-state index contributed by atoms with van der Waals surface area (Å²) in [7, 11) is -0.837. The van der Waals surface area contributed by atoms with Crippen LogP contribution in [0.25, 0.3) is 0 Å². The van der Waals surface area contributed by atoms with Crippen LogP contribution in [0, 0.1) is 0 Å². The number of carbonyl (C=O) groups excluding carboxylic acids is 2. The summed E-state index contributed by atoms with van der Waals surface area (Å²) in [5.41, 5.74) is 0.0766. The van der Waals surface area contributed by atoms with E-state index in [-0.39, 0.29) is 23.0 Å². The fraction of sp³-hybridized carbons (Fsp3) is 0.467. The number of nitrogens with zero attached hydrogens (tertiary/aromatic N) is 2. The summed E-state index contributed by atoms with van der Waals surface area (Å²) in [5, 5.41) is 0. The molecule has 1 amide bonds. The fourth-order valence-corrected chi connectivity index (χ4v) is 3.06. The van der Waals surface area contributed by atoms with Crippen LogP contribution in [0.1, 0.15) is 10.4 Å². The van der Waals surface area contributed by atoms with Crippen molar-refractivity contribution < 1.29 is 27.5 Å². The molecular weight excluding hydrogens is 336 g/mol. The number of ether oxygens (including phenoxy) is 2. The predicted molar refractivity (Wildman–Crippen MR) is 85.0 cm³/mol. The highest BCUT2D eigenvalue weighted by molar-refractivity contribution is 7.89. The zero-order valence-electron chi connectivity index (χ0n) is 13.6. The molecule has 0 saturated carbocycles. The lowest BCUT2D eigenvalue weighted by atomic mass is 10.2. The van der Waals surface area contributed by atoms with Crippen molar-refractivity contribution in [3.63, 3.8) is 0 Å². The van der Waals surface area contributed by atoms with Crippen LogP contribution in [0.15, 0.2) is 29.2 Å². The molecule has 0 N–H and O–H groups in total. The second kappa shape index (κ2) is 7.73. The van der Waals surface area contributed by atoms with Gasteiger partial charge >= 0.3 is 5.97 Å². The van der Waals surface area contributed by atoms with Gasteiger partial charge in [0.25, 0.3) is 5.91 Å². The van der Waals surface area contributed by atoms with Gasteiger partial charge in [0, 0.05) is 27.2 Å². The number of hydrogen-bond acceptors (Lipinski definition) is 6. The minimum absolute atomic E-state index is 0.0125. The Hall–Kier alpha value is -1.97. The van der Waals surface area contributed by atoms with Crippen LogP contribution >= 0.6 is 0 Å². The zero-order valence-corrected chi connectivity index (χ0v) is 14.4. The Bertz CT molecular complexity index is 710. The molecule has 0 aliphatic carbocycles. The summed E-state index contributed by atoms with van der Waals surface area (Å²) < 4.78 is 35.4. The number of morpholine rings is 1. The average Bonchev–Trinajstić information content (AvgIpc) is 2.60. The smallest absolute Gasteiger partial charge is 0.338 e. The summed E-state index contributed by atoms with van der Waals surface area (Å²) in [4.78, 5) is 25.5. The van der Waals surface area contributed by atoms with Crippen molar-refractivity contribution in [3.8, 4) is 0 Å². The number of sulfonamides is 1. The van der Waals surface area contributed by atoms with Crippen molar-refractivity contribution in [1.82, 2.24) is 9.21 Å². The van der Waals surface area contributed by atoms with Crippen molar-refractivity contribution in [2.24, 2.45) is 0 Å². The van der Waals surface area contributed by atoms with Crippen LogP contribution in [0.4, 0.5) is 0 Å². The molecule has 24 heavy (non-hydrogen) atoms. The lowest BCUT2D eigenvalue weighted by molar-refractivity contribution is -0.138. The first-order valence-corrected chi connectivity index (χ1v) is 8.81.